The van der Waals surface area contributed by atoms with Crippen LogP contribution < -0.4 is 0 Å². The second-order valence-corrected chi connectivity index (χ2v) is 8.42. The van der Waals surface area contributed by atoms with E-state index in [-0.39, 0.29) is 5.75 Å². The van der Waals surface area contributed by atoms with Crippen LogP contribution in [0.2, 0.25) is 5.02 Å². The number of hydrogen-bond acceptors (Lipinski definition) is 4. The molecule has 0 saturated carbocycles. The molecule has 0 amide bonds. The molecule has 18 heavy (non-hydrogen) atoms. The quantitative estimate of drug-likeness (QED) is 0.881. The van der Waals surface area contributed by atoms with Gasteiger partial charge in [0.1, 0.15) is 11.4 Å². The summed E-state index contributed by atoms with van der Waals surface area (Å²) in [5, 5.41) is 18.0. The van der Waals surface area contributed by atoms with Gasteiger partial charge in [0.05, 0.1) is 19.0 Å². The maximum absolute atomic E-state index is 11.7. The molecule has 0 aliphatic rings. The van der Waals surface area contributed by atoms with Gasteiger partial charge in [0.15, 0.2) is 0 Å². The van der Waals surface area contributed by atoms with Crippen LogP contribution in [0.3, 0.4) is 0 Å². The van der Waals surface area contributed by atoms with E-state index in [2.05, 4.69) is 10.3 Å². The molecule has 7 heteroatoms. The summed E-state index contributed by atoms with van der Waals surface area (Å²) in [6.07, 6.45) is 2.05. The lowest BCUT2D eigenvalue weighted by atomic mass is 10.3. The fourth-order valence-electron chi connectivity index (χ4n) is 1.57. The summed E-state index contributed by atoms with van der Waals surface area (Å²) in [6.45, 7) is 3.40. The van der Waals surface area contributed by atoms with Crippen LogP contribution in [0.25, 0.3) is 5.69 Å². The highest BCUT2D eigenvalue weighted by Crippen LogP contribution is 2.39. The molecule has 0 unspecified atom stereocenters. The van der Waals surface area contributed by atoms with Gasteiger partial charge < -0.3 is 9.67 Å². The average Bonchev–Trinajstić information content (AvgIpc) is 2.63. The van der Waals surface area contributed by atoms with E-state index in [0.717, 1.165) is 0 Å². The first-order chi connectivity index (χ1) is 8.35. The normalized spacial score (nSPS) is 11.7. The van der Waals surface area contributed by atoms with Crippen molar-refractivity contribution < 1.29 is 9.67 Å². The summed E-state index contributed by atoms with van der Waals surface area (Å²) >= 11 is 5.75. The van der Waals surface area contributed by atoms with Gasteiger partial charge in [-0.25, -0.2) is 4.68 Å². The Morgan fingerprint density at radius 1 is 1.44 bits per heavy atom. The molecule has 1 aromatic heterocycles. The number of phenols is 1. The molecule has 2 aromatic rings. The van der Waals surface area contributed by atoms with Crippen LogP contribution in [0, 0.1) is 0 Å². The van der Waals surface area contributed by atoms with E-state index in [0.29, 0.717) is 22.6 Å². The number of hydrogen-bond donors (Lipinski definition) is 1. The minimum atomic E-state index is -2.18. The lowest BCUT2D eigenvalue weighted by Crippen LogP contribution is -1.95. The summed E-state index contributed by atoms with van der Waals surface area (Å²) in [5.41, 5.74) is 1.12. The van der Waals surface area contributed by atoms with Crippen LogP contribution in [0.1, 0.15) is 5.69 Å². The molecule has 0 aliphatic heterocycles. The molecule has 96 valence electrons. The standard InChI is InChI=1S/C11H13ClN3O2P/c1-18(2,17)7-9-6-15(14-13-9)10-4-3-8(12)5-11(10)16/h3-6,16H,7H2,1-2H3. The van der Waals surface area contributed by atoms with E-state index >= 15 is 0 Å². The molecule has 1 heterocycles. The Balaban J connectivity index is 2.32. The Labute approximate surface area is 110 Å². The van der Waals surface area contributed by atoms with Crippen molar-refractivity contribution in [1.82, 2.24) is 15.0 Å². The van der Waals surface area contributed by atoms with Crippen molar-refractivity contribution in [2.45, 2.75) is 6.16 Å². The number of nitrogens with zero attached hydrogens (tertiary/aromatic N) is 3. The molecule has 0 fully saturated rings. The first-order valence-corrected chi connectivity index (χ1v) is 8.46. The zero-order valence-corrected chi connectivity index (χ0v) is 11.7. The Hall–Kier alpha value is -1.32. The topological polar surface area (TPSA) is 68.0 Å². The molecule has 0 radical (unpaired) electrons. The molecular weight excluding hydrogens is 273 g/mol. The molecule has 2 rings (SSSR count). The number of aromatic nitrogens is 3. The minimum absolute atomic E-state index is 0.0233. The SMILES string of the molecule is CP(C)(=O)Cc1cn(-c2ccc(Cl)cc2O)nn1. The lowest BCUT2D eigenvalue weighted by Gasteiger charge is -2.03. The second kappa shape index (κ2) is 4.75. The third kappa shape index (κ3) is 3.12. The summed E-state index contributed by atoms with van der Waals surface area (Å²) in [7, 11) is -2.18. The van der Waals surface area contributed by atoms with Gasteiger partial charge in [-0.05, 0) is 25.5 Å². The van der Waals surface area contributed by atoms with Crippen molar-refractivity contribution in [2.24, 2.45) is 0 Å². The molecule has 5 nitrogen and oxygen atoms in total. The number of benzene rings is 1. The zero-order chi connectivity index (χ0) is 13.3. The smallest absolute Gasteiger partial charge is 0.142 e. The lowest BCUT2D eigenvalue weighted by molar-refractivity contribution is 0.470. The maximum Gasteiger partial charge on any atom is 0.142 e. The van der Waals surface area contributed by atoms with Gasteiger partial charge in [-0.15, -0.1) is 5.10 Å². The Kier molecular flexibility index (Phi) is 3.46. The van der Waals surface area contributed by atoms with Crippen LogP contribution in [0.4, 0.5) is 0 Å². The van der Waals surface area contributed by atoms with Gasteiger partial charge in [-0.3, -0.25) is 0 Å². The van der Waals surface area contributed by atoms with E-state index < -0.39 is 7.14 Å². The van der Waals surface area contributed by atoms with Gasteiger partial charge in [-0.2, -0.15) is 0 Å². The van der Waals surface area contributed by atoms with Crippen molar-refractivity contribution in [3.05, 3.63) is 35.1 Å². The first kappa shape index (κ1) is 13.1. The monoisotopic (exact) mass is 285 g/mol. The Morgan fingerprint density at radius 3 is 2.78 bits per heavy atom. The number of halogens is 1. The van der Waals surface area contributed by atoms with Crippen LogP contribution in [0.5, 0.6) is 5.75 Å². The van der Waals surface area contributed by atoms with Crippen molar-refractivity contribution in [3.63, 3.8) is 0 Å². The van der Waals surface area contributed by atoms with Gasteiger partial charge in [0.25, 0.3) is 0 Å². The van der Waals surface area contributed by atoms with Crippen LogP contribution >= 0.6 is 18.7 Å². The zero-order valence-electron chi connectivity index (χ0n) is 10.0. The van der Waals surface area contributed by atoms with E-state index in [1.807, 2.05) is 0 Å². The number of phenolic OH excluding ortho intramolecular Hbond substituents is 1. The molecule has 0 atom stereocenters. The average molecular weight is 286 g/mol. The number of aromatic hydroxyl groups is 1. The second-order valence-electron chi connectivity index (χ2n) is 4.52. The maximum atomic E-state index is 11.7. The Morgan fingerprint density at radius 2 is 2.17 bits per heavy atom. The van der Waals surface area contributed by atoms with Crippen molar-refractivity contribution >= 4 is 18.7 Å². The molecular formula is C11H13ClN3O2P. The molecule has 1 N–H and O–H groups in total. The summed E-state index contributed by atoms with van der Waals surface area (Å²) in [6, 6.07) is 4.74. The van der Waals surface area contributed by atoms with Crippen LogP contribution in [-0.4, -0.2) is 33.4 Å². The van der Waals surface area contributed by atoms with Gasteiger partial charge >= 0.3 is 0 Å². The van der Waals surface area contributed by atoms with E-state index in [9.17, 15) is 9.67 Å². The third-order valence-electron chi connectivity index (χ3n) is 2.27. The van der Waals surface area contributed by atoms with E-state index in [4.69, 9.17) is 11.6 Å². The third-order valence-corrected chi connectivity index (χ3v) is 3.59. The van der Waals surface area contributed by atoms with Crippen LogP contribution in [0.15, 0.2) is 24.4 Å². The highest BCUT2D eigenvalue weighted by molar-refractivity contribution is 7.61. The number of rotatable bonds is 3. The van der Waals surface area contributed by atoms with E-state index in [1.54, 1.807) is 31.7 Å². The molecule has 0 aliphatic carbocycles. The van der Waals surface area contributed by atoms with Gasteiger partial charge in [0, 0.05) is 17.3 Å². The van der Waals surface area contributed by atoms with Crippen molar-refractivity contribution in [1.29, 1.82) is 0 Å². The molecule has 1 aromatic carbocycles. The highest BCUT2D eigenvalue weighted by atomic mass is 35.5. The van der Waals surface area contributed by atoms with E-state index in [1.165, 1.54) is 10.7 Å². The predicted octanol–water partition coefficient (Wildman–Crippen LogP) is 2.75. The summed E-state index contributed by atoms with van der Waals surface area (Å²) in [5.74, 6) is 0.0233. The minimum Gasteiger partial charge on any atom is -0.506 e. The van der Waals surface area contributed by atoms with Crippen LogP contribution in [-0.2, 0) is 10.7 Å². The molecule has 0 bridgehead atoms. The largest absolute Gasteiger partial charge is 0.506 e. The van der Waals surface area contributed by atoms with Gasteiger partial charge in [0.2, 0.25) is 0 Å². The fraction of sp³-hybridized carbons (Fsp3) is 0.273. The fourth-order valence-corrected chi connectivity index (χ4v) is 2.66. The summed E-state index contributed by atoms with van der Waals surface area (Å²) in [4.78, 5) is 0. The Bertz CT molecular complexity index is 621. The predicted molar refractivity (Wildman–Crippen MR) is 71.2 cm³/mol. The van der Waals surface area contributed by atoms with Crippen molar-refractivity contribution in [3.8, 4) is 11.4 Å². The van der Waals surface area contributed by atoms with Gasteiger partial charge in [-0.1, -0.05) is 16.8 Å². The summed E-state index contributed by atoms with van der Waals surface area (Å²) < 4.78 is 13.1. The van der Waals surface area contributed by atoms with Crippen molar-refractivity contribution in [2.75, 3.05) is 13.3 Å². The molecule has 0 spiro atoms. The molecule has 0 saturated heterocycles. The highest BCUT2D eigenvalue weighted by Gasteiger charge is 2.13. The first-order valence-electron chi connectivity index (χ1n) is 5.29.